The number of hydrogen-bond acceptors (Lipinski definition) is 10. The molecule has 2 aromatic carbocycles. The molecule has 1 atom stereocenters. The maximum absolute atomic E-state index is 13.9. The van der Waals surface area contributed by atoms with Crippen LogP contribution in [0, 0.1) is 11.8 Å². The molecule has 17 nitrogen and oxygen atoms in total. The van der Waals surface area contributed by atoms with Gasteiger partial charge in [0.05, 0.1) is 58.2 Å². The number of likely N-dealkylation sites (tertiary alicyclic amines) is 1. The van der Waals surface area contributed by atoms with E-state index in [0.717, 1.165) is 5.02 Å². The number of nitrogens with zero attached hydrogens (tertiary/aromatic N) is 8. The summed E-state index contributed by atoms with van der Waals surface area (Å²) < 4.78 is 17.8. The summed E-state index contributed by atoms with van der Waals surface area (Å²) in [6.07, 6.45) is 4.38. The molecule has 0 aliphatic carbocycles. The number of methoxy groups -OCH3 is 1. The fourth-order valence-corrected chi connectivity index (χ4v) is 9.10. The fourth-order valence-electron chi connectivity index (χ4n) is 8.70. The number of nitrogens with one attached hydrogen (secondary N) is 1. The highest BCUT2D eigenvalue weighted by atomic mass is 35.5. The average Bonchev–Trinajstić information content (AvgIpc) is 3.97. The van der Waals surface area contributed by atoms with Gasteiger partial charge in [0.1, 0.15) is 24.2 Å². The first-order valence-electron chi connectivity index (χ1n) is 22.6. The fraction of sp³-hybridized carbons (Fsp3) is 0.360. The predicted octanol–water partition coefficient (Wildman–Crippen LogP) is 6.72. The number of imidazole rings is 2. The number of amides is 4. The maximum Gasteiger partial charge on any atom is 0.329 e. The summed E-state index contributed by atoms with van der Waals surface area (Å²) in [7, 11) is 4.68. The molecular weight excluding hydrogens is 926 g/mol. The van der Waals surface area contributed by atoms with Crippen LogP contribution in [0.25, 0.3) is 22.4 Å². The zero-order valence-corrected chi connectivity index (χ0v) is 40.9. The smallest absolute Gasteiger partial charge is 0.329 e. The van der Waals surface area contributed by atoms with E-state index < -0.39 is 17.9 Å². The minimum Gasteiger partial charge on any atom is -0.480 e. The van der Waals surface area contributed by atoms with Crippen LogP contribution in [-0.2, 0) is 35.0 Å². The number of ether oxygens (including phenoxy) is 2. The van der Waals surface area contributed by atoms with E-state index >= 15 is 0 Å². The zero-order valence-electron chi connectivity index (χ0n) is 39.4. The third-order valence-corrected chi connectivity index (χ3v) is 12.4. The van der Waals surface area contributed by atoms with Gasteiger partial charge in [0, 0.05) is 57.1 Å². The van der Waals surface area contributed by atoms with Gasteiger partial charge in [-0.1, -0.05) is 73.2 Å². The molecule has 2 fully saturated rings. The van der Waals surface area contributed by atoms with Gasteiger partial charge >= 0.3 is 5.69 Å². The van der Waals surface area contributed by atoms with E-state index in [1.807, 2.05) is 62.6 Å². The molecule has 0 saturated carbocycles. The van der Waals surface area contributed by atoms with Crippen LogP contribution in [0.15, 0.2) is 82.6 Å². The van der Waals surface area contributed by atoms with Crippen LogP contribution in [0.2, 0.25) is 10.0 Å². The van der Waals surface area contributed by atoms with Crippen molar-refractivity contribution in [1.82, 2.24) is 38.5 Å². The molecule has 0 radical (unpaired) electrons. The first-order valence-corrected chi connectivity index (χ1v) is 23.4. The predicted molar refractivity (Wildman–Crippen MR) is 263 cm³/mol. The van der Waals surface area contributed by atoms with Gasteiger partial charge in [0.2, 0.25) is 17.7 Å². The molecule has 3 aliphatic rings. The molecule has 6 aromatic rings. The monoisotopic (exact) mass is 977 g/mol. The van der Waals surface area contributed by atoms with Crippen molar-refractivity contribution in [3.8, 4) is 29.1 Å². The van der Waals surface area contributed by atoms with E-state index in [1.54, 1.807) is 43.3 Å². The van der Waals surface area contributed by atoms with E-state index in [9.17, 15) is 28.8 Å². The van der Waals surface area contributed by atoms with E-state index in [-0.39, 0.29) is 78.5 Å². The van der Waals surface area contributed by atoms with Crippen LogP contribution in [0.4, 0.5) is 5.69 Å². The summed E-state index contributed by atoms with van der Waals surface area (Å²) in [5.41, 5.74) is 2.76. The Morgan fingerprint density at radius 3 is 2.32 bits per heavy atom. The molecule has 2 saturated heterocycles. The minimum absolute atomic E-state index is 0.101. The molecule has 1 unspecified atom stereocenters. The number of pyridine rings is 2. The number of carbonyl (C=O) groups excluding carboxylic acids is 4. The van der Waals surface area contributed by atoms with Crippen molar-refractivity contribution < 1.29 is 28.7 Å². The number of imide groups is 1. The molecule has 4 aromatic heterocycles. The van der Waals surface area contributed by atoms with E-state index in [4.69, 9.17) is 37.7 Å². The number of para-hydroxylation sites is 1. The van der Waals surface area contributed by atoms with Crippen LogP contribution in [0.3, 0.4) is 0 Å². The van der Waals surface area contributed by atoms with Crippen LogP contribution in [0.1, 0.15) is 97.6 Å². The highest BCUT2D eigenvalue weighted by Crippen LogP contribution is 2.37. The molecule has 3 aliphatic heterocycles. The normalized spacial score (nSPS) is 15.7. The van der Waals surface area contributed by atoms with Crippen molar-refractivity contribution in [1.29, 1.82) is 0 Å². The van der Waals surface area contributed by atoms with Crippen molar-refractivity contribution in [3.05, 3.63) is 126 Å². The van der Waals surface area contributed by atoms with Crippen molar-refractivity contribution >= 4 is 63.6 Å². The molecule has 1 N–H and O–H groups in total. The zero-order chi connectivity index (χ0) is 49.7. The Morgan fingerprint density at radius 1 is 0.942 bits per heavy atom. The maximum atomic E-state index is 13.9. The number of carbonyl (C=O) groups is 4. The molecule has 19 heteroatoms. The number of piperidine rings is 2. The van der Waals surface area contributed by atoms with Crippen molar-refractivity contribution in [2.45, 2.75) is 78.1 Å². The van der Waals surface area contributed by atoms with E-state index in [0.29, 0.717) is 70.2 Å². The van der Waals surface area contributed by atoms with Gasteiger partial charge in [-0.05, 0) is 69.5 Å². The standard InChI is InChI=1S/C42H42ClN9O8.C6H5Cl.C2H6/c1-23(2)51-32-22-50(31-19-26(43)21-47(3)40(31)56)41(57)34(32)46-36(51)28-18-25(20-44-38(28)59-5)39(55)49-15-13-27(14-16-49)60-17-7-9-24-8-6-10-29-35(24)48(4)42(58)52(29)30-11-12-33(53)45-37(30)54;7-6-4-2-1-3-5-6;1-2/h6,8,10,18-21,23,27,30H,11-17,22H2,1-5H3,(H,45,53,54);1-5H;1-2H3. The number of aromatic nitrogens is 6. The quantitative estimate of drug-likeness (QED) is 0.127. The number of aryl methyl sites for hydroxylation is 2. The Labute approximate surface area is 408 Å². The van der Waals surface area contributed by atoms with Gasteiger partial charge in [-0.3, -0.25) is 43.3 Å². The lowest BCUT2D eigenvalue weighted by molar-refractivity contribution is -0.135. The lowest BCUT2D eigenvalue weighted by Crippen LogP contribution is -2.44. The van der Waals surface area contributed by atoms with Crippen LogP contribution >= 0.6 is 23.2 Å². The summed E-state index contributed by atoms with van der Waals surface area (Å²) in [6.45, 7) is 9.02. The Hall–Kier alpha value is -7.00. The second-order valence-corrected chi connectivity index (χ2v) is 17.5. The largest absolute Gasteiger partial charge is 0.480 e. The molecule has 69 heavy (non-hydrogen) atoms. The van der Waals surface area contributed by atoms with E-state index in [1.165, 1.54) is 44.2 Å². The van der Waals surface area contributed by atoms with Gasteiger partial charge in [-0.25, -0.2) is 14.8 Å². The summed E-state index contributed by atoms with van der Waals surface area (Å²) in [6, 6.07) is 17.0. The summed E-state index contributed by atoms with van der Waals surface area (Å²) in [5.74, 6) is 5.32. The van der Waals surface area contributed by atoms with Crippen molar-refractivity contribution in [2.24, 2.45) is 14.1 Å². The molecular formula is C50H53Cl2N9O8. The van der Waals surface area contributed by atoms with Crippen LogP contribution < -0.4 is 26.2 Å². The van der Waals surface area contributed by atoms with Crippen LogP contribution in [-0.4, -0.2) is 89.7 Å². The number of halogens is 2. The summed E-state index contributed by atoms with van der Waals surface area (Å²) in [5, 5.41) is 3.44. The lowest BCUT2D eigenvalue weighted by Gasteiger charge is -2.31. The average molecular weight is 979 g/mol. The SMILES string of the molecule is CC.COc1ncc(C(=O)N2CCC(OCC#Cc3cccc4c3n(C)c(=O)n4C3CCC(=O)NC3=O)CC2)cc1-c1nc2c(n1C(C)C)CN(c1cc(Cl)cn(C)c1=O)C2=O.Clc1ccccc1. The van der Waals surface area contributed by atoms with Crippen molar-refractivity contribution in [2.75, 3.05) is 31.7 Å². The number of hydrogen-bond donors (Lipinski definition) is 1. The number of fused-ring (bicyclic) bond motifs is 2. The van der Waals surface area contributed by atoms with Gasteiger partial charge in [-0.2, -0.15) is 0 Å². The second kappa shape index (κ2) is 21.5. The molecule has 7 heterocycles. The Kier molecular flexibility index (Phi) is 15.6. The van der Waals surface area contributed by atoms with E-state index in [2.05, 4.69) is 22.1 Å². The second-order valence-electron chi connectivity index (χ2n) is 16.6. The molecule has 0 bridgehead atoms. The topological polar surface area (TPSA) is 185 Å². The third-order valence-electron chi connectivity index (χ3n) is 11.9. The highest BCUT2D eigenvalue weighted by molar-refractivity contribution is 6.31. The third kappa shape index (κ3) is 10.2. The Balaban J connectivity index is 0.000000710. The summed E-state index contributed by atoms with van der Waals surface area (Å²) >= 11 is 11.8. The summed E-state index contributed by atoms with van der Waals surface area (Å²) in [4.78, 5) is 90.5. The molecule has 360 valence electrons. The van der Waals surface area contributed by atoms with Gasteiger partial charge in [0.15, 0.2) is 5.69 Å². The number of benzene rings is 2. The Bertz CT molecular complexity index is 3120. The van der Waals surface area contributed by atoms with Crippen molar-refractivity contribution in [3.63, 3.8) is 0 Å². The first kappa shape index (κ1) is 49.9. The molecule has 4 amide bonds. The Morgan fingerprint density at radius 2 is 1.67 bits per heavy atom. The van der Waals surface area contributed by atoms with Gasteiger partial charge < -0.3 is 23.5 Å². The first-order chi connectivity index (χ1) is 33.2. The lowest BCUT2D eigenvalue weighted by atomic mass is 10.1. The number of rotatable bonds is 8. The number of anilines is 1. The van der Waals surface area contributed by atoms with Gasteiger partial charge in [-0.15, -0.1) is 0 Å². The van der Waals surface area contributed by atoms with Gasteiger partial charge in [0.25, 0.3) is 17.4 Å². The van der Waals surface area contributed by atoms with Crippen LogP contribution in [0.5, 0.6) is 5.88 Å². The molecule has 9 rings (SSSR count). The highest BCUT2D eigenvalue weighted by Gasteiger charge is 2.38. The molecule has 0 spiro atoms. The minimum atomic E-state index is -0.790.